The molecule has 0 radical (unpaired) electrons. The lowest BCUT2D eigenvalue weighted by Crippen LogP contribution is -2.14. The second-order valence-electron chi connectivity index (χ2n) is 1.49. The monoisotopic (exact) mass is 134 g/mol. The molecule has 0 saturated heterocycles. The molecule has 0 bridgehead atoms. The van der Waals surface area contributed by atoms with E-state index in [-0.39, 0.29) is 13.0 Å². The van der Waals surface area contributed by atoms with Crippen LogP contribution in [0.3, 0.4) is 0 Å². The number of esters is 1. The van der Waals surface area contributed by atoms with Crippen LogP contribution < -0.4 is 0 Å². The average Bonchev–Trinajstić information content (AvgIpc) is 1.63. The van der Waals surface area contributed by atoms with Crippen LogP contribution in [0.25, 0.3) is 0 Å². The predicted molar refractivity (Wildman–Crippen MR) is 29.5 cm³/mol. The normalized spacial score (nSPS) is 9.78. The van der Waals surface area contributed by atoms with Crippen molar-refractivity contribution in [1.29, 1.82) is 0 Å². The summed E-state index contributed by atoms with van der Waals surface area (Å²) in [6, 6.07) is 0. The number of ether oxygens (including phenoxy) is 1. The Kier molecular flexibility index (Phi) is 4.00. The first-order chi connectivity index (χ1) is 4.16. The summed E-state index contributed by atoms with van der Waals surface area (Å²) >= 11 is 0. The van der Waals surface area contributed by atoms with Crippen molar-refractivity contribution in [3.63, 3.8) is 0 Å². The summed E-state index contributed by atoms with van der Waals surface area (Å²) in [5.41, 5.74) is 0. The van der Waals surface area contributed by atoms with Gasteiger partial charge < -0.3 is 14.9 Å². The fraction of sp³-hybridized carbons (Fsp3) is 0.800. The molecule has 0 unspecified atom stereocenters. The van der Waals surface area contributed by atoms with Crippen LogP contribution in [0.1, 0.15) is 13.3 Å². The lowest BCUT2D eigenvalue weighted by molar-refractivity contribution is -0.151. The van der Waals surface area contributed by atoms with Crippen molar-refractivity contribution in [1.82, 2.24) is 0 Å². The molecule has 4 heteroatoms. The highest BCUT2D eigenvalue weighted by molar-refractivity contribution is 5.69. The van der Waals surface area contributed by atoms with Crippen LogP contribution in [0.4, 0.5) is 0 Å². The highest BCUT2D eigenvalue weighted by Crippen LogP contribution is 1.89. The molecular weight excluding hydrogens is 124 g/mol. The molecule has 0 aromatic carbocycles. The molecule has 0 aromatic rings. The van der Waals surface area contributed by atoms with Gasteiger partial charge in [-0.1, -0.05) is 0 Å². The van der Waals surface area contributed by atoms with Crippen LogP contribution >= 0.6 is 0 Å². The number of carbonyl (C=O) groups excluding carboxylic acids is 1. The van der Waals surface area contributed by atoms with Crippen molar-refractivity contribution < 1.29 is 19.7 Å². The third-order valence-electron chi connectivity index (χ3n) is 0.655. The lowest BCUT2D eigenvalue weighted by atomic mass is 10.4. The SMILES string of the molecule is CCOC(=O)CC(O)O. The van der Waals surface area contributed by atoms with Gasteiger partial charge in [0, 0.05) is 0 Å². The maximum absolute atomic E-state index is 10.3. The first-order valence-electron chi connectivity index (χ1n) is 2.68. The molecular formula is C5H10O4. The van der Waals surface area contributed by atoms with E-state index in [0.717, 1.165) is 0 Å². The van der Waals surface area contributed by atoms with E-state index in [1.807, 2.05) is 0 Å². The number of carbonyl (C=O) groups is 1. The molecule has 0 rings (SSSR count). The van der Waals surface area contributed by atoms with E-state index < -0.39 is 12.3 Å². The number of aliphatic hydroxyl groups excluding tert-OH is 1. The summed E-state index contributed by atoms with van der Waals surface area (Å²) in [5, 5.41) is 16.4. The van der Waals surface area contributed by atoms with E-state index in [4.69, 9.17) is 10.2 Å². The van der Waals surface area contributed by atoms with E-state index in [2.05, 4.69) is 4.74 Å². The third kappa shape index (κ3) is 5.26. The van der Waals surface area contributed by atoms with Gasteiger partial charge in [0.05, 0.1) is 13.0 Å². The number of hydrogen-bond acceptors (Lipinski definition) is 4. The highest BCUT2D eigenvalue weighted by Gasteiger charge is 2.06. The summed E-state index contributed by atoms with van der Waals surface area (Å²) in [5.74, 6) is -0.590. The zero-order valence-corrected chi connectivity index (χ0v) is 5.20. The van der Waals surface area contributed by atoms with E-state index in [0.29, 0.717) is 0 Å². The number of hydrogen-bond donors (Lipinski definition) is 2. The van der Waals surface area contributed by atoms with Gasteiger partial charge in [-0.2, -0.15) is 0 Å². The Morgan fingerprint density at radius 1 is 1.67 bits per heavy atom. The fourth-order valence-corrected chi connectivity index (χ4v) is 0.369. The first kappa shape index (κ1) is 8.39. The van der Waals surface area contributed by atoms with Gasteiger partial charge in [-0.05, 0) is 6.92 Å². The molecule has 4 nitrogen and oxygen atoms in total. The molecule has 0 aliphatic carbocycles. The van der Waals surface area contributed by atoms with E-state index >= 15 is 0 Å². The van der Waals surface area contributed by atoms with Crippen molar-refractivity contribution in [3.8, 4) is 0 Å². The maximum atomic E-state index is 10.3. The van der Waals surface area contributed by atoms with Gasteiger partial charge in [-0.3, -0.25) is 4.79 Å². The number of rotatable bonds is 3. The summed E-state index contributed by atoms with van der Waals surface area (Å²) in [7, 11) is 0. The Labute approximate surface area is 53.1 Å². The average molecular weight is 134 g/mol. The molecule has 0 amide bonds. The molecule has 0 aliphatic heterocycles. The van der Waals surface area contributed by atoms with E-state index in [9.17, 15) is 4.79 Å². The second kappa shape index (κ2) is 4.29. The summed E-state index contributed by atoms with van der Waals surface area (Å²) in [6.45, 7) is 1.92. The minimum absolute atomic E-state index is 0.269. The van der Waals surface area contributed by atoms with E-state index in [1.165, 1.54) is 0 Å². The molecule has 54 valence electrons. The van der Waals surface area contributed by atoms with Crippen molar-refractivity contribution in [2.75, 3.05) is 6.61 Å². The fourth-order valence-electron chi connectivity index (χ4n) is 0.369. The quantitative estimate of drug-likeness (QED) is 0.393. The van der Waals surface area contributed by atoms with Crippen molar-refractivity contribution >= 4 is 5.97 Å². The maximum Gasteiger partial charge on any atom is 0.310 e. The molecule has 0 heterocycles. The van der Waals surface area contributed by atoms with Gasteiger partial charge >= 0.3 is 5.97 Å². The zero-order chi connectivity index (χ0) is 7.28. The zero-order valence-electron chi connectivity index (χ0n) is 5.20. The largest absolute Gasteiger partial charge is 0.466 e. The predicted octanol–water partition coefficient (Wildman–Crippen LogP) is -0.750. The standard InChI is InChI=1S/C5H10O4/c1-2-9-5(8)3-4(6)7/h4,6-7H,2-3H2,1H3. The Balaban J connectivity index is 3.27. The lowest BCUT2D eigenvalue weighted by Gasteiger charge is -2.01. The highest BCUT2D eigenvalue weighted by atomic mass is 16.5. The Hall–Kier alpha value is -0.610. The van der Waals surface area contributed by atoms with Crippen molar-refractivity contribution in [2.45, 2.75) is 19.6 Å². The molecule has 0 aromatic heterocycles. The van der Waals surface area contributed by atoms with E-state index in [1.54, 1.807) is 6.92 Å². The minimum atomic E-state index is -1.59. The van der Waals surface area contributed by atoms with Gasteiger partial charge in [0.15, 0.2) is 6.29 Å². The number of aliphatic hydroxyl groups is 2. The van der Waals surface area contributed by atoms with Crippen LogP contribution in [0.5, 0.6) is 0 Å². The summed E-state index contributed by atoms with van der Waals surface area (Å²) in [6.07, 6.45) is -1.95. The molecule has 0 atom stereocenters. The Morgan fingerprint density at radius 2 is 2.22 bits per heavy atom. The minimum Gasteiger partial charge on any atom is -0.466 e. The van der Waals surface area contributed by atoms with Crippen LogP contribution in [0, 0.1) is 0 Å². The first-order valence-corrected chi connectivity index (χ1v) is 2.68. The topological polar surface area (TPSA) is 66.8 Å². The second-order valence-corrected chi connectivity index (χ2v) is 1.49. The van der Waals surface area contributed by atoms with Crippen molar-refractivity contribution in [2.24, 2.45) is 0 Å². The molecule has 9 heavy (non-hydrogen) atoms. The van der Waals surface area contributed by atoms with Crippen LogP contribution in [-0.4, -0.2) is 29.1 Å². The molecule has 2 N–H and O–H groups in total. The van der Waals surface area contributed by atoms with Gasteiger partial charge in [0.1, 0.15) is 0 Å². The Morgan fingerprint density at radius 3 is 2.56 bits per heavy atom. The molecule has 0 saturated carbocycles. The van der Waals surface area contributed by atoms with Gasteiger partial charge in [0.2, 0.25) is 0 Å². The Bertz CT molecular complexity index is 89.0. The van der Waals surface area contributed by atoms with Crippen LogP contribution in [0.15, 0.2) is 0 Å². The van der Waals surface area contributed by atoms with Gasteiger partial charge in [-0.25, -0.2) is 0 Å². The van der Waals surface area contributed by atoms with Crippen LogP contribution in [0.2, 0.25) is 0 Å². The molecule has 0 fully saturated rings. The van der Waals surface area contributed by atoms with Crippen molar-refractivity contribution in [3.05, 3.63) is 0 Å². The summed E-state index contributed by atoms with van der Waals surface area (Å²) < 4.78 is 4.39. The summed E-state index contributed by atoms with van der Waals surface area (Å²) in [4.78, 5) is 10.3. The van der Waals surface area contributed by atoms with Gasteiger partial charge in [-0.15, -0.1) is 0 Å². The van der Waals surface area contributed by atoms with Gasteiger partial charge in [0.25, 0.3) is 0 Å². The molecule has 0 aliphatic rings. The van der Waals surface area contributed by atoms with Crippen LogP contribution in [-0.2, 0) is 9.53 Å². The third-order valence-corrected chi connectivity index (χ3v) is 0.655. The molecule has 0 spiro atoms. The smallest absolute Gasteiger partial charge is 0.310 e.